The molecule has 2 aliphatic heterocycles. The fraction of sp³-hybridized carbons (Fsp3) is 0.409. The predicted molar refractivity (Wildman–Crippen MR) is 106 cm³/mol. The summed E-state index contributed by atoms with van der Waals surface area (Å²) >= 11 is 0. The van der Waals surface area contributed by atoms with Crippen LogP contribution in [-0.2, 0) is 17.8 Å². The average Bonchev–Trinajstić information content (AvgIpc) is 2.75. The minimum atomic E-state index is -0.301. The first-order valence-corrected chi connectivity index (χ1v) is 9.85. The molecule has 0 spiro atoms. The van der Waals surface area contributed by atoms with Crippen LogP contribution in [0.4, 0.5) is 0 Å². The Balaban J connectivity index is 1.30. The maximum atomic E-state index is 12.8. The highest BCUT2D eigenvalue weighted by Gasteiger charge is 2.28. The summed E-state index contributed by atoms with van der Waals surface area (Å²) in [6, 6.07) is 14.4. The van der Waals surface area contributed by atoms with Crippen molar-refractivity contribution in [2.24, 2.45) is 0 Å². The molecular weight excluding hydrogens is 350 g/mol. The number of nitriles is 1. The molecule has 2 aliphatic rings. The van der Waals surface area contributed by atoms with Crippen LogP contribution in [0.2, 0.25) is 0 Å². The van der Waals surface area contributed by atoms with Crippen LogP contribution in [0, 0.1) is 11.3 Å². The standard InChI is InChI=1S/C22H25N5O/c23-14-21(19-6-3-8-24-15-19)26-10-12-27(13-11-26)22(28)17-25-9-7-18-4-1-2-5-20(18)16-25/h1-6,8,15,21H,7,9-13,16-17H2. The van der Waals surface area contributed by atoms with Gasteiger partial charge in [-0.25, -0.2) is 0 Å². The van der Waals surface area contributed by atoms with Gasteiger partial charge >= 0.3 is 0 Å². The Morgan fingerprint density at radius 2 is 1.86 bits per heavy atom. The predicted octanol–water partition coefficient (Wildman–Crippen LogP) is 1.85. The molecule has 144 valence electrons. The summed E-state index contributed by atoms with van der Waals surface area (Å²) < 4.78 is 0. The molecule has 3 heterocycles. The number of piperazine rings is 1. The molecule has 6 heteroatoms. The van der Waals surface area contributed by atoms with Crippen LogP contribution in [0.5, 0.6) is 0 Å². The van der Waals surface area contributed by atoms with Gasteiger partial charge in [0, 0.05) is 57.2 Å². The van der Waals surface area contributed by atoms with Crippen molar-refractivity contribution in [2.75, 3.05) is 39.3 Å². The quantitative estimate of drug-likeness (QED) is 0.816. The van der Waals surface area contributed by atoms with E-state index in [-0.39, 0.29) is 11.9 Å². The zero-order valence-electron chi connectivity index (χ0n) is 16.0. The highest BCUT2D eigenvalue weighted by atomic mass is 16.2. The molecule has 0 radical (unpaired) electrons. The maximum Gasteiger partial charge on any atom is 0.236 e. The topological polar surface area (TPSA) is 63.5 Å². The Hall–Kier alpha value is -2.75. The van der Waals surface area contributed by atoms with Crippen LogP contribution in [0.25, 0.3) is 0 Å². The van der Waals surface area contributed by atoms with Crippen molar-refractivity contribution in [1.82, 2.24) is 19.7 Å². The Morgan fingerprint density at radius 1 is 1.07 bits per heavy atom. The number of fused-ring (bicyclic) bond motifs is 1. The normalized spacial score (nSPS) is 18.9. The third-order valence-electron chi connectivity index (χ3n) is 5.72. The lowest BCUT2D eigenvalue weighted by Crippen LogP contribution is -2.52. The molecular formula is C22H25N5O. The smallest absolute Gasteiger partial charge is 0.236 e. The first kappa shape index (κ1) is 18.6. The van der Waals surface area contributed by atoms with Crippen LogP contribution < -0.4 is 0 Å². The molecule has 1 amide bonds. The fourth-order valence-corrected chi connectivity index (χ4v) is 4.11. The number of carbonyl (C=O) groups excluding carboxylic acids is 1. The number of aromatic nitrogens is 1. The third kappa shape index (κ3) is 4.06. The number of nitrogens with zero attached hydrogens (tertiary/aromatic N) is 5. The van der Waals surface area contributed by atoms with Gasteiger partial charge in [-0.15, -0.1) is 0 Å². The molecule has 1 atom stereocenters. The molecule has 0 saturated carbocycles. The van der Waals surface area contributed by atoms with Crippen LogP contribution in [0.15, 0.2) is 48.8 Å². The molecule has 1 aromatic carbocycles. The monoisotopic (exact) mass is 375 g/mol. The van der Waals surface area contributed by atoms with E-state index in [1.807, 2.05) is 17.0 Å². The van der Waals surface area contributed by atoms with Crippen LogP contribution >= 0.6 is 0 Å². The lowest BCUT2D eigenvalue weighted by atomic mass is 10.00. The zero-order chi connectivity index (χ0) is 19.3. The van der Waals surface area contributed by atoms with Gasteiger partial charge in [-0.3, -0.25) is 19.6 Å². The third-order valence-corrected chi connectivity index (χ3v) is 5.72. The molecule has 0 N–H and O–H groups in total. The Labute approximate surface area is 166 Å². The van der Waals surface area contributed by atoms with Gasteiger partial charge in [0.1, 0.15) is 6.04 Å². The van der Waals surface area contributed by atoms with Crippen molar-refractivity contribution in [3.63, 3.8) is 0 Å². The summed E-state index contributed by atoms with van der Waals surface area (Å²) in [4.78, 5) is 23.2. The van der Waals surface area contributed by atoms with Gasteiger partial charge in [0.2, 0.25) is 5.91 Å². The Bertz CT molecular complexity index is 855. The highest BCUT2D eigenvalue weighted by Crippen LogP contribution is 2.21. The summed E-state index contributed by atoms with van der Waals surface area (Å²) in [6.45, 7) is 5.00. The lowest BCUT2D eigenvalue weighted by molar-refractivity contribution is -0.134. The van der Waals surface area contributed by atoms with Gasteiger partial charge in [0.15, 0.2) is 0 Å². The van der Waals surface area contributed by atoms with Gasteiger partial charge in [-0.1, -0.05) is 30.3 Å². The minimum Gasteiger partial charge on any atom is -0.339 e. The van der Waals surface area contributed by atoms with Gasteiger partial charge in [0.25, 0.3) is 0 Å². The SMILES string of the molecule is N#CC(c1cccnc1)N1CCN(C(=O)CN2CCc3ccccc3C2)CC1. The Kier molecular flexibility index (Phi) is 5.65. The molecule has 28 heavy (non-hydrogen) atoms. The second kappa shape index (κ2) is 8.51. The second-order valence-electron chi connectivity index (χ2n) is 7.46. The van der Waals surface area contributed by atoms with Crippen molar-refractivity contribution in [3.05, 3.63) is 65.5 Å². The largest absolute Gasteiger partial charge is 0.339 e. The number of hydrogen-bond donors (Lipinski definition) is 0. The summed E-state index contributed by atoms with van der Waals surface area (Å²) in [7, 11) is 0. The van der Waals surface area contributed by atoms with Crippen LogP contribution in [-0.4, -0.2) is 64.9 Å². The summed E-state index contributed by atoms with van der Waals surface area (Å²) in [6.07, 6.45) is 4.47. The van der Waals surface area contributed by atoms with Gasteiger partial charge < -0.3 is 4.90 Å². The number of carbonyl (C=O) groups is 1. The first-order valence-electron chi connectivity index (χ1n) is 9.85. The molecule has 1 saturated heterocycles. The van der Waals surface area contributed by atoms with Crippen molar-refractivity contribution < 1.29 is 4.79 Å². The molecule has 1 fully saturated rings. The molecule has 0 bridgehead atoms. The molecule has 4 rings (SSSR count). The van der Waals surface area contributed by atoms with Crippen molar-refractivity contribution in [3.8, 4) is 6.07 Å². The molecule has 2 aromatic rings. The van der Waals surface area contributed by atoms with Crippen molar-refractivity contribution >= 4 is 5.91 Å². The Morgan fingerprint density at radius 3 is 2.57 bits per heavy atom. The van der Waals surface area contributed by atoms with E-state index in [0.717, 1.165) is 25.1 Å². The molecule has 1 aromatic heterocycles. The van der Waals surface area contributed by atoms with E-state index in [9.17, 15) is 10.1 Å². The van der Waals surface area contributed by atoms with Gasteiger partial charge in [-0.05, 0) is 23.6 Å². The highest BCUT2D eigenvalue weighted by molar-refractivity contribution is 5.78. The lowest BCUT2D eigenvalue weighted by Gasteiger charge is -2.38. The number of rotatable bonds is 4. The van der Waals surface area contributed by atoms with Crippen LogP contribution in [0.3, 0.4) is 0 Å². The van der Waals surface area contributed by atoms with E-state index < -0.39 is 0 Å². The van der Waals surface area contributed by atoms with E-state index in [2.05, 4.69) is 45.1 Å². The fourth-order valence-electron chi connectivity index (χ4n) is 4.11. The number of amides is 1. The maximum absolute atomic E-state index is 12.8. The average molecular weight is 375 g/mol. The molecule has 6 nitrogen and oxygen atoms in total. The first-order chi connectivity index (χ1) is 13.7. The number of hydrogen-bond acceptors (Lipinski definition) is 5. The number of benzene rings is 1. The van der Waals surface area contributed by atoms with Gasteiger partial charge in [-0.2, -0.15) is 5.26 Å². The summed E-state index contributed by atoms with van der Waals surface area (Å²) in [5.74, 6) is 0.189. The van der Waals surface area contributed by atoms with E-state index in [1.54, 1.807) is 12.4 Å². The van der Waals surface area contributed by atoms with Crippen molar-refractivity contribution in [2.45, 2.75) is 19.0 Å². The molecule has 1 unspecified atom stereocenters. The summed E-state index contributed by atoms with van der Waals surface area (Å²) in [5.41, 5.74) is 3.65. The summed E-state index contributed by atoms with van der Waals surface area (Å²) in [5, 5.41) is 9.60. The second-order valence-corrected chi connectivity index (χ2v) is 7.46. The number of pyridine rings is 1. The van der Waals surface area contributed by atoms with E-state index in [1.165, 1.54) is 11.1 Å². The van der Waals surface area contributed by atoms with Gasteiger partial charge in [0.05, 0.1) is 12.6 Å². The van der Waals surface area contributed by atoms with E-state index in [0.29, 0.717) is 32.7 Å². The zero-order valence-corrected chi connectivity index (χ0v) is 16.0. The van der Waals surface area contributed by atoms with Crippen LogP contribution in [0.1, 0.15) is 22.7 Å². The van der Waals surface area contributed by atoms with Crippen molar-refractivity contribution in [1.29, 1.82) is 5.26 Å². The molecule has 0 aliphatic carbocycles. The van der Waals surface area contributed by atoms with E-state index >= 15 is 0 Å². The minimum absolute atomic E-state index is 0.189. The van der Waals surface area contributed by atoms with E-state index in [4.69, 9.17) is 0 Å².